The van der Waals surface area contributed by atoms with E-state index in [9.17, 15) is 0 Å². The van der Waals surface area contributed by atoms with E-state index in [4.69, 9.17) is 10.5 Å². The fourth-order valence-corrected chi connectivity index (χ4v) is 1.92. The van der Waals surface area contributed by atoms with Crippen LogP contribution in [-0.2, 0) is 0 Å². The van der Waals surface area contributed by atoms with Gasteiger partial charge in [0.2, 0.25) is 0 Å². The average molecular weight is 239 g/mol. The van der Waals surface area contributed by atoms with Crippen LogP contribution in [0.4, 0.5) is 5.69 Å². The monoisotopic (exact) mass is 239 g/mol. The lowest BCUT2D eigenvalue weighted by Gasteiger charge is -2.00. The van der Waals surface area contributed by atoms with E-state index in [0.717, 1.165) is 22.7 Å². The Bertz CT molecular complexity index is 703. The van der Waals surface area contributed by atoms with Gasteiger partial charge in [-0.25, -0.2) is 4.98 Å². The molecule has 0 fully saturated rings. The zero-order chi connectivity index (χ0) is 12.5. The number of aromatic nitrogens is 2. The smallest absolute Gasteiger partial charge is 0.139 e. The fraction of sp³-hybridized carbons (Fsp3) is 0.0714. The molecule has 0 saturated carbocycles. The Balaban J connectivity index is 2.13. The molecular formula is C14H13N3O. The molecule has 0 aliphatic carbocycles. The van der Waals surface area contributed by atoms with E-state index in [-0.39, 0.29) is 0 Å². The van der Waals surface area contributed by atoms with E-state index in [0.29, 0.717) is 5.69 Å². The lowest BCUT2D eigenvalue weighted by atomic mass is 10.1. The largest absolute Gasteiger partial charge is 0.497 e. The van der Waals surface area contributed by atoms with Gasteiger partial charge in [0.25, 0.3) is 0 Å². The van der Waals surface area contributed by atoms with Gasteiger partial charge in [-0.1, -0.05) is 12.1 Å². The van der Waals surface area contributed by atoms with Gasteiger partial charge in [0.15, 0.2) is 0 Å². The number of nitrogen functional groups attached to an aromatic ring is 1. The summed E-state index contributed by atoms with van der Waals surface area (Å²) in [7, 11) is 1.66. The van der Waals surface area contributed by atoms with Crippen molar-refractivity contribution in [3.63, 3.8) is 0 Å². The number of hydrogen-bond acceptors (Lipinski definition) is 3. The van der Waals surface area contributed by atoms with Gasteiger partial charge in [0.05, 0.1) is 12.8 Å². The van der Waals surface area contributed by atoms with Crippen molar-refractivity contribution in [1.82, 2.24) is 9.38 Å². The molecule has 90 valence electrons. The molecule has 3 rings (SSSR count). The third-order valence-corrected chi connectivity index (χ3v) is 2.85. The second-order valence-electron chi connectivity index (χ2n) is 4.08. The summed E-state index contributed by atoms with van der Waals surface area (Å²) in [6.45, 7) is 0. The first kappa shape index (κ1) is 10.7. The second kappa shape index (κ2) is 4.07. The summed E-state index contributed by atoms with van der Waals surface area (Å²) in [5, 5.41) is 0. The first-order chi connectivity index (χ1) is 8.76. The molecule has 0 saturated heterocycles. The molecule has 2 N–H and O–H groups in total. The molecule has 0 atom stereocenters. The lowest BCUT2D eigenvalue weighted by Crippen LogP contribution is -1.87. The number of anilines is 1. The quantitative estimate of drug-likeness (QED) is 0.747. The first-order valence-corrected chi connectivity index (χ1v) is 5.65. The van der Waals surface area contributed by atoms with E-state index >= 15 is 0 Å². The molecular weight excluding hydrogens is 226 g/mol. The molecule has 0 unspecified atom stereocenters. The van der Waals surface area contributed by atoms with E-state index in [2.05, 4.69) is 4.98 Å². The Labute approximate surface area is 105 Å². The van der Waals surface area contributed by atoms with Gasteiger partial charge in [-0.05, 0) is 18.2 Å². The predicted molar refractivity (Wildman–Crippen MR) is 71.6 cm³/mol. The number of rotatable bonds is 2. The minimum absolute atomic E-state index is 0.713. The minimum atomic E-state index is 0.713. The number of methoxy groups -OCH3 is 1. The van der Waals surface area contributed by atoms with E-state index < -0.39 is 0 Å². The van der Waals surface area contributed by atoms with E-state index in [1.807, 2.05) is 53.2 Å². The number of benzene rings is 1. The van der Waals surface area contributed by atoms with Crippen LogP contribution < -0.4 is 10.5 Å². The van der Waals surface area contributed by atoms with Crippen molar-refractivity contribution in [2.24, 2.45) is 0 Å². The number of pyridine rings is 1. The molecule has 0 spiro atoms. The Hall–Kier alpha value is -2.49. The lowest BCUT2D eigenvalue weighted by molar-refractivity contribution is 0.415. The third kappa shape index (κ3) is 1.78. The highest BCUT2D eigenvalue weighted by Gasteiger charge is 2.05. The first-order valence-electron chi connectivity index (χ1n) is 5.65. The molecule has 0 aliphatic heterocycles. The van der Waals surface area contributed by atoms with E-state index in [1.165, 1.54) is 0 Å². The minimum Gasteiger partial charge on any atom is -0.497 e. The van der Waals surface area contributed by atoms with Crippen LogP contribution in [0.15, 0.2) is 48.8 Å². The number of fused-ring (bicyclic) bond motifs is 1. The van der Waals surface area contributed by atoms with Crippen molar-refractivity contribution < 1.29 is 4.74 Å². The summed E-state index contributed by atoms with van der Waals surface area (Å²) in [6.07, 6.45) is 3.88. The zero-order valence-corrected chi connectivity index (χ0v) is 10.00. The molecule has 0 amide bonds. The molecule has 0 bridgehead atoms. The van der Waals surface area contributed by atoms with Gasteiger partial charge in [0.1, 0.15) is 11.4 Å². The maximum Gasteiger partial charge on any atom is 0.139 e. The third-order valence-electron chi connectivity index (χ3n) is 2.85. The van der Waals surface area contributed by atoms with Crippen LogP contribution in [0.3, 0.4) is 0 Å². The number of nitrogens with two attached hydrogens (primary N) is 1. The predicted octanol–water partition coefficient (Wildman–Crippen LogP) is 2.59. The Morgan fingerprint density at radius 2 is 2.11 bits per heavy atom. The van der Waals surface area contributed by atoms with Crippen LogP contribution in [0.5, 0.6) is 5.75 Å². The molecule has 2 heterocycles. The maximum atomic E-state index is 5.74. The summed E-state index contributed by atoms with van der Waals surface area (Å²) in [5.41, 5.74) is 9.22. The summed E-state index contributed by atoms with van der Waals surface area (Å²) in [5.74, 6) is 0.823. The van der Waals surface area contributed by atoms with Crippen molar-refractivity contribution in [1.29, 1.82) is 0 Å². The topological polar surface area (TPSA) is 52.5 Å². The average Bonchev–Trinajstić information content (AvgIpc) is 2.81. The number of nitrogens with zero attached hydrogens (tertiary/aromatic N) is 2. The highest BCUT2D eigenvalue weighted by Crippen LogP contribution is 2.23. The van der Waals surface area contributed by atoms with Crippen molar-refractivity contribution in [3.8, 4) is 17.0 Å². The zero-order valence-electron chi connectivity index (χ0n) is 10.00. The van der Waals surface area contributed by atoms with Gasteiger partial charge in [0, 0.05) is 29.7 Å². The molecule has 0 aliphatic rings. The summed E-state index contributed by atoms with van der Waals surface area (Å²) < 4.78 is 7.16. The van der Waals surface area contributed by atoms with Crippen LogP contribution in [0.2, 0.25) is 0 Å². The number of hydrogen-bond donors (Lipinski definition) is 1. The molecule has 3 aromatic rings. The van der Waals surface area contributed by atoms with Gasteiger partial charge in [-0.2, -0.15) is 0 Å². The van der Waals surface area contributed by atoms with Gasteiger partial charge < -0.3 is 14.9 Å². The molecule has 0 radical (unpaired) electrons. The Morgan fingerprint density at radius 1 is 1.22 bits per heavy atom. The highest BCUT2D eigenvalue weighted by molar-refractivity contribution is 5.65. The molecule has 1 aromatic carbocycles. The molecule has 18 heavy (non-hydrogen) atoms. The van der Waals surface area contributed by atoms with Crippen molar-refractivity contribution in [2.45, 2.75) is 0 Å². The standard InChI is InChI=1S/C14H13N3O/c1-18-12-4-2-3-10(7-12)13-9-17-6-5-11(15)8-14(17)16-13/h2-9H,15H2,1H3. The van der Waals surface area contributed by atoms with Gasteiger partial charge in [-0.15, -0.1) is 0 Å². The van der Waals surface area contributed by atoms with Crippen LogP contribution in [0, 0.1) is 0 Å². The number of imidazole rings is 1. The molecule has 2 aromatic heterocycles. The van der Waals surface area contributed by atoms with Crippen LogP contribution in [0.1, 0.15) is 0 Å². The van der Waals surface area contributed by atoms with Gasteiger partial charge in [-0.3, -0.25) is 0 Å². The van der Waals surface area contributed by atoms with Crippen LogP contribution >= 0.6 is 0 Å². The number of ether oxygens (including phenoxy) is 1. The normalized spacial score (nSPS) is 10.7. The summed E-state index contributed by atoms with van der Waals surface area (Å²) in [4.78, 5) is 4.55. The Kier molecular flexibility index (Phi) is 2.41. The molecule has 4 heteroatoms. The SMILES string of the molecule is COc1cccc(-c2cn3ccc(N)cc3n2)c1. The van der Waals surface area contributed by atoms with Crippen LogP contribution in [-0.4, -0.2) is 16.5 Å². The maximum absolute atomic E-state index is 5.74. The van der Waals surface area contributed by atoms with Crippen molar-refractivity contribution in [3.05, 3.63) is 48.8 Å². The van der Waals surface area contributed by atoms with Crippen LogP contribution in [0.25, 0.3) is 16.9 Å². The Morgan fingerprint density at radius 3 is 2.94 bits per heavy atom. The van der Waals surface area contributed by atoms with E-state index in [1.54, 1.807) is 7.11 Å². The molecule has 4 nitrogen and oxygen atoms in total. The highest BCUT2D eigenvalue weighted by atomic mass is 16.5. The fourth-order valence-electron chi connectivity index (χ4n) is 1.92. The van der Waals surface area contributed by atoms with Gasteiger partial charge >= 0.3 is 0 Å². The van der Waals surface area contributed by atoms with Crippen molar-refractivity contribution in [2.75, 3.05) is 12.8 Å². The summed E-state index contributed by atoms with van der Waals surface area (Å²) in [6, 6.07) is 11.5. The summed E-state index contributed by atoms with van der Waals surface area (Å²) >= 11 is 0. The van der Waals surface area contributed by atoms with Crippen molar-refractivity contribution >= 4 is 11.3 Å². The second-order valence-corrected chi connectivity index (χ2v) is 4.08.